The Balaban J connectivity index is 1.75. The third-order valence-corrected chi connectivity index (χ3v) is 3.77. The summed E-state index contributed by atoms with van der Waals surface area (Å²) in [4.78, 5) is 26.4. The van der Waals surface area contributed by atoms with E-state index in [4.69, 9.17) is 10.8 Å². The molecule has 1 aliphatic carbocycles. The minimum absolute atomic E-state index is 0.0344. The number of carboxylic acid groups (broad SMARTS) is 1. The van der Waals surface area contributed by atoms with Crippen molar-refractivity contribution in [1.29, 1.82) is 0 Å². The molecule has 2 rings (SSSR count). The molecule has 0 aromatic carbocycles. The maximum atomic E-state index is 11.8. The summed E-state index contributed by atoms with van der Waals surface area (Å²) in [5.41, 5.74) is 5.73. The Bertz CT molecular complexity index is 512. The third-order valence-electron chi connectivity index (χ3n) is 2.86. The molecule has 0 spiro atoms. The molecule has 1 aromatic heterocycles. The van der Waals surface area contributed by atoms with E-state index in [0.29, 0.717) is 24.4 Å². The van der Waals surface area contributed by atoms with E-state index in [1.165, 1.54) is 16.7 Å². The van der Waals surface area contributed by atoms with Crippen molar-refractivity contribution in [3.05, 3.63) is 28.2 Å². The van der Waals surface area contributed by atoms with Crippen LogP contribution in [0.2, 0.25) is 0 Å². The number of rotatable bonds is 5. The molecule has 6 nitrogen and oxygen atoms in total. The summed E-state index contributed by atoms with van der Waals surface area (Å²) in [6.45, 7) is 0.449. The van der Waals surface area contributed by atoms with Crippen LogP contribution in [-0.4, -0.2) is 34.6 Å². The number of amides is 1. The lowest BCUT2D eigenvalue weighted by Crippen LogP contribution is -2.32. The van der Waals surface area contributed by atoms with E-state index in [-0.39, 0.29) is 23.6 Å². The Kier molecular flexibility index (Phi) is 4.28. The van der Waals surface area contributed by atoms with Crippen LogP contribution >= 0.6 is 11.3 Å². The number of hydrogen-bond acceptors (Lipinski definition) is 5. The zero-order chi connectivity index (χ0) is 13.8. The van der Waals surface area contributed by atoms with Gasteiger partial charge in [-0.15, -0.1) is 11.3 Å². The quantitative estimate of drug-likeness (QED) is 0.678. The zero-order valence-corrected chi connectivity index (χ0v) is 11.0. The lowest BCUT2D eigenvalue weighted by Gasteiger charge is -2.09. The first-order valence-electron chi connectivity index (χ1n) is 5.95. The van der Waals surface area contributed by atoms with E-state index >= 15 is 0 Å². The van der Waals surface area contributed by atoms with Gasteiger partial charge in [0.15, 0.2) is 5.69 Å². The first-order valence-corrected chi connectivity index (χ1v) is 6.83. The van der Waals surface area contributed by atoms with Crippen molar-refractivity contribution in [2.24, 2.45) is 11.7 Å². The number of hydrogen-bond donors (Lipinski definition) is 3. The van der Waals surface area contributed by atoms with Gasteiger partial charge < -0.3 is 16.2 Å². The average molecular weight is 281 g/mol. The van der Waals surface area contributed by atoms with Crippen molar-refractivity contribution in [2.75, 3.05) is 6.54 Å². The Morgan fingerprint density at radius 1 is 1.53 bits per heavy atom. The van der Waals surface area contributed by atoms with Crippen LogP contribution in [0.1, 0.15) is 21.9 Å². The monoisotopic (exact) mass is 281 g/mol. The largest absolute Gasteiger partial charge is 0.476 e. The summed E-state index contributed by atoms with van der Waals surface area (Å²) in [5.74, 6) is -1.23. The molecule has 0 saturated carbocycles. The molecule has 1 heterocycles. The third kappa shape index (κ3) is 3.62. The highest BCUT2D eigenvalue weighted by Crippen LogP contribution is 2.16. The van der Waals surface area contributed by atoms with Gasteiger partial charge in [-0.3, -0.25) is 4.79 Å². The number of nitrogens with zero attached hydrogens (tertiary/aromatic N) is 1. The molecule has 0 bridgehead atoms. The summed E-state index contributed by atoms with van der Waals surface area (Å²) >= 11 is 1.28. The standard InChI is InChI=1S/C12H15N3O3S/c13-8-2-1-7(5-8)11(16)14-4-3-10-15-9(6-19-10)12(17)18/h1-2,6-8H,3-5,13H2,(H,14,16)(H,17,18). The fourth-order valence-electron chi connectivity index (χ4n) is 1.87. The van der Waals surface area contributed by atoms with Gasteiger partial charge in [-0.2, -0.15) is 0 Å². The molecule has 1 aromatic rings. The second kappa shape index (κ2) is 5.94. The lowest BCUT2D eigenvalue weighted by atomic mass is 10.1. The van der Waals surface area contributed by atoms with E-state index in [1.807, 2.05) is 12.2 Å². The van der Waals surface area contributed by atoms with Crippen LogP contribution in [0.4, 0.5) is 0 Å². The minimum Gasteiger partial charge on any atom is -0.476 e. The minimum atomic E-state index is -1.03. The van der Waals surface area contributed by atoms with Gasteiger partial charge in [-0.05, 0) is 6.42 Å². The van der Waals surface area contributed by atoms with Crippen molar-refractivity contribution < 1.29 is 14.7 Å². The van der Waals surface area contributed by atoms with Gasteiger partial charge in [-0.1, -0.05) is 12.2 Å². The number of carbonyl (C=O) groups excluding carboxylic acids is 1. The molecule has 0 fully saturated rings. The normalized spacial score (nSPS) is 21.5. The fourth-order valence-corrected chi connectivity index (χ4v) is 2.64. The maximum Gasteiger partial charge on any atom is 0.355 e. The van der Waals surface area contributed by atoms with Gasteiger partial charge in [0.05, 0.1) is 10.9 Å². The first-order chi connectivity index (χ1) is 9.06. The number of carboxylic acids is 1. The van der Waals surface area contributed by atoms with Crippen LogP contribution in [-0.2, 0) is 11.2 Å². The highest BCUT2D eigenvalue weighted by Gasteiger charge is 2.22. The van der Waals surface area contributed by atoms with Crippen molar-refractivity contribution in [1.82, 2.24) is 10.3 Å². The van der Waals surface area contributed by atoms with Gasteiger partial charge in [0.25, 0.3) is 0 Å². The Morgan fingerprint density at radius 2 is 2.32 bits per heavy atom. The van der Waals surface area contributed by atoms with E-state index in [1.54, 1.807) is 0 Å². The van der Waals surface area contributed by atoms with Crippen LogP contribution in [0.3, 0.4) is 0 Å². The maximum absolute atomic E-state index is 11.8. The molecule has 1 amide bonds. The Labute approximate surface area is 114 Å². The second-order valence-corrected chi connectivity index (χ2v) is 5.31. The predicted molar refractivity (Wildman–Crippen MR) is 71.0 cm³/mol. The van der Waals surface area contributed by atoms with Gasteiger partial charge in [0.1, 0.15) is 0 Å². The van der Waals surface area contributed by atoms with E-state index in [2.05, 4.69) is 10.3 Å². The highest BCUT2D eigenvalue weighted by atomic mass is 32.1. The van der Waals surface area contributed by atoms with Crippen LogP contribution in [0.25, 0.3) is 0 Å². The topological polar surface area (TPSA) is 105 Å². The van der Waals surface area contributed by atoms with Crippen LogP contribution in [0.5, 0.6) is 0 Å². The number of carbonyl (C=O) groups is 2. The van der Waals surface area contributed by atoms with Gasteiger partial charge >= 0.3 is 5.97 Å². The molecule has 102 valence electrons. The molecule has 19 heavy (non-hydrogen) atoms. The van der Waals surface area contributed by atoms with Crippen molar-refractivity contribution in [2.45, 2.75) is 18.9 Å². The number of aromatic nitrogens is 1. The SMILES string of the molecule is NC1C=CC(C(=O)NCCc2nc(C(=O)O)cs2)C1. The molecule has 1 aliphatic rings. The van der Waals surface area contributed by atoms with E-state index < -0.39 is 5.97 Å². The molecule has 2 unspecified atom stereocenters. The van der Waals surface area contributed by atoms with Crippen molar-refractivity contribution in [3.8, 4) is 0 Å². The summed E-state index contributed by atoms with van der Waals surface area (Å²) in [6.07, 6.45) is 4.84. The van der Waals surface area contributed by atoms with Gasteiger partial charge in [0.2, 0.25) is 5.91 Å². The summed E-state index contributed by atoms with van der Waals surface area (Å²) in [7, 11) is 0. The second-order valence-electron chi connectivity index (χ2n) is 4.36. The van der Waals surface area contributed by atoms with Crippen LogP contribution in [0.15, 0.2) is 17.5 Å². The smallest absolute Gasteiger partial charge is 0.355 e. The van der Waals surface area contributed by atoms with Gasteiger partial charge in [-0.25, -0.2) is 9.78 Å². The Hall–Kier alpha value is -1.73. The molecular weight excluding hydrogens is 266 g/mol. The molecule has 0 aliphatic heterocycles. The molecule has 7 heteroatoms. The zero-order valence-electron chi connectivity index (χ0n) is 10.2. The number of thiazole rings is 1. The van der Waals surface area contributed by atoms with Crippen LogP contribution in [0, 0.1) is 5.92 Å². The molecular formula is C12H15N3O3S. The molecule has 0 saturated heterocycles. The number of aromatic carboxylic acids is 1. The van der Waals surface area contributed by atoms with Gasteiger partial charge in [0, 0.05) is 24.4 Å². The Morgan fingerprint density at radius 3 is 2.89 bits per heavy atom. The molecule has 0 radical (unpaired) electrons. The number of nitrogens with one attached hydrogen (secondary N) is 1. The average Bonchev–Trinajstić information content (AvgIpc) is 2.98. The van der Waals surface area contributed by atoms with E-state index in [0.717, 1.165) is 0 Å². The van der Waals surface area contributed by atoms with Crippen molar-refractivity contribution in [3.63, 3.8) is 0 Å². The highest BCUT2D eigenvalue weighted by molar-refractivity contribution is 7.09. The van der Waals surface area contributed by atoms with Crippen molar-refractivity contribution >= 4 is 23.2 Å². The van der Waals surface area contributed by atoms with Crippen LogP contribution < -0.4 is 11.1 Å². The first kappa shape index (κ1) is 13.7. The summed E-state index contributed by atoms with van der Waals surface area (Å²) in [6, 6.07) is -0.0344. The number of nitrogens with two attached hydrogens (primary N) is 1. The summed E-state index contributed by atoms with van der Waals surface area (Å²) in [5, 5.41) is 13.7. The predicted octanol–water partition coefficient (Wildman–Crippen LogP) is 0.403. The fraction of sp³-hybridized carbons (Fsp3) is 0.417. The molecule has 4 N–H and O–H groups in total. The van der Waals surface area contributed by atoms with E-state index in [9.17, 15) is 9.59 Å². The molecule has 2 atom stereocenters. The summed E-state index contributed by atoms with van der Waals surface area (Å²) < 4.78 is 0. The lowest BCUT2D eigenvalue weighted by molar-refractivity contribution is -0.123.